The molecule has 7 nitrogen and oxygen atoms in total. The number of H-pyrrole nitrogens is 1. The number of amides is 1. The van der Waals surface area contributed by atoms with E-state index in [2.05, 4.69) is 22.1 Å². The molecule has 31 heavy (non-hydrogen) atoms. The number of carbonyl (C=O) groups excluding carboxylic acids is 1. The van der Waals surface area contributed by atoms with Crippen molar-refractivity contribution >= 4 is 23.2 Å². The Morgan fingerprint density at radius 2 is 2.06 bits per heavy atom. The van der Waals surface area contributed by atoms with Crippen LogP contribution >= 0.6 is 0 Å². The molecule has 1 aromatic heterocycles. The Balaban J connectivity index is 1.51. The third-order valence-electron chi connectivity index (χ3n) is 5.13. The molecule has 7 heteroatoms. The summed E-state index contributed by atoms with van der Waals surface area (Å²) in [5.41, 5.74) is 3.75. The molecule has 0 saturated heterocycles. The van der Waals surface area contributed by atoms with Gasteiger partial charge in [0.25, 0.3) is 5.91 Å². The first-order valence-electron chi connectivity index (χ1n) is 9.61. The highest BCUT2D eigenvalue weighted by molar-refractivity contribution is 6.35. The Hall–Kier alpha value is -4.15. The Morgan fingerprint density at radius 3 is 2.94 bits per heavy atom. The van der Waals surface area contributed by atoms with Gasteiger partial charge in [-0.25, -0.2) is 0 Å². The third kappa shape index (κ3) is 3.39. The number of nitrogens with one attached hydrogen (secondary N) is 2. The molecule has 3 heterocycles. The van der Waals surface area contributed by atoms with Gasteiger partial charge < -0.3 is 29.6 Å². The van der Waals surface area contributed by atoms with Gasteiger partial charge in [0.05, 0.1) is 24.1 Å². The van der Waals surface area contributed by atoms with Gasteiger partial charge in [0.2, 0.25) is 6.79 Å². The largest absolute Gasteiger partial charge is 0.495 e. The molecule has 1 amide bonds. The van der Waals surface area contributed by atoms with Gasteiger partial charge in [-0.1, -0.05) is 24.0 Å². The van der Waals surface area contributed by atoms with Crippen LogP contribution in [0.15, 0.2) is 48.7 Å². The van der Waals surface area contributed by atoms with Gasteiger partial charge in [-0.3, -0.25) is 4.79 Å². The number of anilines is 1. The molecule has 2 aromatic carbocycles. The van der Waals surface area contributed by atoms with Crippen molar-refractivity contribution in [3.63, 3.8) is 0 Å². The van der Waals surface area contributed by atoms with E-state index < -0.39 is 6.10 Å². The van der Waals surface area contributed by atoms with Gasteiger partial charge in [-0.05, 0) is 42.0 Å². The van der Waals surface area contributed by atoms with Crippen molar-refractivity contribution in [1.82, 2.24) is 4.98 Å². The number of aliphatic hydroxyl groups excluding tert-OH is 1. The van der Waals surface area contributed by atoms with Crippen molar-refractivity contribution in [1.29, 1.82) is 0 Å². The molecule has 0 radical (unpaired) electrons. The second kappa shape index (κ2) is 7.59. The fraction of sp³-hybridized carbons (Fsp3) is 0.125. The molecule has 0 bridgehead atoms. The van der Waals surface area contributed by atoms with Gasteiger partial charge in [0, 0.05) is 17.3 Å². The van der Waals surface area contributed by atoms with Crippen molar-refractivity contribution < 1.29 is 24.1 Å². The van der Waals surface area contributed by atoms with Gasteiger partial charge in [-0.2, -0.15) is 0 Å². The fourth-order valence-corrected chi connectivity index (χ4v) is 3.61. The lowest BCUT2D eigenvalue weighted by Gasteiger charge is -2.06. The van der Waals surface area contributed by atoms with E-state index in [0.29, 0.717) is 50.9 Å². The zero-order valence-electron chi connectivity index (χ0n) is 16.6. The second-order valence-electron chi connectivity index (χ2n) is 6.98. The molecule has 0 spiro atoms. The molecule has 1 atom stereocenters. The number of ether oxygens (including phenoxy) is 3. The Bertz CT molecular complexity index is 1280. The van der Waals surface area contributed by atoms with Gasteiger partial charge in [0.1, 0.15) is 11.9 Å². The number of fused-ring (bicyclic) bond motifs is 2. The molecule has 154 valence electrons. The third-order valence-corrected chi connectivity index (χ3v) is 5.13. The lowest BCUT2D eigenvalue weighted by atomic mass is 9.99. The van der Waals surface area contributed by atoms with Crippen LogP contribution in [0.1, 0.15) is 28.5 Å². The van der Waals surface area contributed by atoms with E-state index in [1.165, 1.54) is 0 Å². The molecule has 0 aliphatic carbocycles. The topological polar surface area (TPSA) is 92.8 Å². The average molecular weight is 414 g/mol. The standard InChI is InChI=1S/C24H18N2O5/c1-29-20-9-10-25-18(20)12-16-23-14(3-2-4-17(23)26-24(16)28)5-7-19(27)15-6-8-21-22(11-15)31-13-30-21/h2-4,6,8-12,19,25,27H,13H2,1H3,(H,26,28)/b16-12-. The summed E-state index contributed by atoms with van der Waals surface area (Å²) in [5.74, 6) is 7.52. The van der Waals surface area contributed by atoms with Crippen LogP contribution in [-0.4, -0.2) is 29.9 Å². The average Bonchev–Trinajstić information content (AvgIpc) is 3.50. The summed E-state index contributed by atoms with van der Waals surface area (Å²) >= 11 is 0. The molecule has 5 rings (SSSR count). The van der Waals surface area contributed by atoms with Crippen LogP contribution in [0.2, 0.25) is 0 Å². The predicted molar refractivity (Wildman–Crippen MR) is 115 cm³/mol. The number of hydrogen-bond acceptors (Lipinski definition) is 5. The van der Waals surface area contributed by atoms with Gasteiger partial charge >= 0.3 is 0 Å². The number of aliphatic hydroxyl groups is 1. The maximum atomic E-state index is 12.6. The fourth-order valence-electron chi connectivity index (χ4n) is 3.61. The lowest BCUT2D eigenvalue weighted by Crippen LogP contribution is -2.03. The lowest BCUT2D eigenvalue weighted by molar-refractivity contribution is -0.110. The summed E-state index contributed by atoms with van der Waals surface area (Å²) in [6.07, 6.45) is 2.46. The number of methoxy groups -OCH3 is 1. The number of hydrogen-bond donors (Lipinski definition) is 3. The van der Waals surface area contributed by atoms with Crippen LogP contribution in [0.3, 0.4) is 0 Å². The zero-order chi connectivity index (χ0) is 21.4. The minimum atomic E-state index is -1.02. The number of aromatic amines is 1. The number of benzene rings is 2. The summed E-state index contributed by atoms with van der Waals surface area (Å²) in [7, 11) is 1.57. The van der Waals surface area contributed by atoms with Crippen LogP contribution in [0.5, 0.6) is 17.2 Å². The van der Waals surface area contributed by atoms with E-state index >= 15 is 0 Å². The van der Waals surface area contributed by atoms with E-state index in [4.69, 9.17) is 14.2 Å². The van der Waals surface area contributed by atoms with Crippen molar-refractivity contribution in [2.45, 2.75) is 6.10 Å². The monoisotopic (exact) mass is 414 g/mol. The SMILES string of the molecule is COc1cc[nH]c1/C=C1\C(=O)Nc2cccc(C#CC(O)c3ccc4c(c3)OCO4)c21. The smallest absolute Gasteiger partial charge is 0.256 e. The molecule has 2 aliphatic rings. The minimum Gasteiger partial charge on any atom is -0.495 e. The summed E-state index contributed by atoms with van der Waals surface area (Å²) in [5, 5.41) is 13.4. The summed E-state index contributed by atoms with van der Waals surface area (Å²) in [6.45, 7) is 0.165. The molecular weight excluding hydrogens is 396 g/mol. The Kier molecular flexibility index (Phi) is 4.62. The van der Waals surface area contributed by atoms with Crippen LogP contribution in [0, 0.1) is 11.8 Å². The normalized spacial score (nSPS) is 15.8. The maximum absolute atomic E-state index is 12.6. The molecule has 0 fully saturated rings. The predicted octanol–water partition coefficient (Wildman–Crippen LogP) is 3.33. The molecule has 3 N–H and O–H groups in total. The highest BCUT2D eigenvalue weighted by Gasteiger charge is 2.27. The quantitative estimate of drug-likeness (QED) is 0.452. The number of rotatable bonds is 3. The summed E-state index contributed by atoms with van der Waals surface area (Å²) in [6, 6.07) is 12.4. The molecule has 1 unspecified atom stereocenters. The highest BCUT2D eigenvalue weighted by Crippen LogP contribution is 2.37. The second-order valence-corrected chi connectivity index (χ2v) is 6.98. The molecule has 2 aliphatic heterocycles. The molecule has 0 saturated carbocycles. The van der Waals surface area contributed by atoms with Crippen LogP contribution in [0.25, 0.3) is 11.6 Å². The van der Waals surface area contributed by atoms with Gasteiger partial charge in [-0.15, -0.1) is 0 Å². The van der Waals surface area contributed by atoms with E-state index in [1.54, 1.807) is 43.6 Å². The highest BCUT2D eigenvalue weighted by atomic mass is 16.7. The van der Waals surface area contributed by atoms with E-state index in [-0.39, 0.29) is 12.7 Å². The van der Waals surface area contributed by atoms with Crippen molar-refractivity contribution in [2.75, 3.05) is 19.2 Å². The van der Waals surface area contributed by atoms with E-state index in [0.717, 1.165) is 0 Å². The van der Waals surface area contributed by atoms with E-state index in [1.807, 2.05) is 18.2 Å². The summed E-state index contributed by atoms with van der Waals surface area (Å²) < 4.78 is 16.0. The van der Waals surface area contributed by atoms with Crippen LogP contribution in [0.4, 0.5) is 5.69 Å². The molecule has 3 aromatic rings. The van der Waals surface area contributed by atoms with Crippen molar-refractivity contribution in [3.8, 4) is 29.1 Å². The molecular formula is C24H18N2O5. The van der Waals surface area contributed by atoms with Crippen LogP contribution < -0.4 is 19.5 Å². The van der Waals surface area contributed by atoms with Crippen molar-refractivity contribution in [3.05, 3.63) is 71.0 Å². The minimum absolute atomic E-state index is 0.165. The first kappa shape index (κ1) is 18.9. The van der Waals surface area contributed by atoms with Crippen molar-refractivity contribution in [2.24, 2.45) is 0 Å². The number of aromatic nitrogens is 1. The van der Waals surface area contributed by atoms with E-state index in [9.17, 15) is 9.90 Å². The first-order chi connectivity index (χ1) is 15.1. The maximum Gasteiger partial charge on any atom is 0.256 e. The Morgan fingerprint density at radius 1 is 1.19 bits per heavy atom. The van der Waals surface area contributed by atoms with Crippen LogP contribution in [-0.2, 0) is 4.79 Å². The number of carbonyl (C=O) groups is 1. The van der Waals surface area contributed by atoms with Gasteiger partial charge in [0.15, 0.2) is 11.5 Å². The Labute approximate surface area is 178 Å². The zero-order valence-corrected chi connectivity index (χ0v) is 16.6. The first-order valence-corrected chi connectivity index (χ1v) is 9.61. The summed E-state index contributed by atoms with van der Waals surface area (Å²) in [4.78, 5) is 15.7.